The molecule has 3 aromatic rings. The van der Waals surface area contributed by atoms with E-state index in [0.29, 0.717) is 52.5 Å². The van der Waals surface area contributed by atoms with Crippen molar-refractivity contribution in [3.63, 3.8) is 0 Å². The topological polar surface area (TPSA) is 95.4 Å². The monoisotopic (exact) mass is 490 g/mol. The van der Waals surface area contributed by atoms with Gasteiger partial charge in [0.1, 0.15) is 5.82 Å². The Kier molecular flexibility index (Phi) is 6.64. The average Bonchev–Trinajstić information content (AvgIpc) is 3.24. The first-order valence-corrected chi connectivity index (χ1v) is 11.6. The number of aliphatic carboxylic acids is 1. The molecular weight excluding hydrogens is 471 g/mol. The number of anilines is 2. The maximum absolute atomic E-state index is 12.7. The van der Waals surface area contributed by atoms with E-state index in [1.54, 1.807) is 6.07 Å². The molecule has 0 unspecified atom stereocenters. The van der Waals surface area contributed by atoms with Crippen LogP contribution < -0.4 is 10.2 Å². The van der Waals surface area contributed by atoms with Crippen molar-refractivity contribution in [1.29, 1.82) is 0 Å². The third-order valence-corrected chi connectivity index (χ3v) is 6.87. The molecule has 1 fully saturated rings. The van der Waals surface area contributed by atoms with Gasteiger partial charge in [0.25, 0.3) is 5.91 Å². The van der Waals surface area contributed by atoms with Gasteiger partial charge in [0, 0.05) is 35.3 Å². The number of carboxylic acid groups (broad SMARTS) is 1. The lowest BCUT2D eigenvalue weighted by atomic mass is 9.97. The van der Waals surface area contributed by atoms with Gasteiger partial charge in [-0.1, -0.05) is 29.3 Å². The average molecular weight is 491 g/mol. The molecule has 0 spiro atoms. The maximum Gasteiger partial charge on any atom is 0.306 e. The predicted octanol–water partition coefficient (Wildman–Crippen LogP) is 5.37. The second-order valence-electron chi connectivity index (χ2n) is 7.58. The number of rotatable bonds is 5. The standard InChI is InChI=1S/C22H20Cl2N4O3S/c1-12-8-14(2-3-16(12)23)18-11-32-22(26-18)27-20(29)15-9-17(24)19(25-10-15)28-6-4-13(5-7-28)21(30)31/h2-3,8-11,13H,4-7H2,1H3,(H,30,31)(H,26,27,29). The van der Waals surface area contributed by atoms with E-state index in [4.69, 9.17) is 28.3 Å². The summed E-state index contributed by atoms with van der Waals surface area (Å²) in [6.45, 7) is 3.04. The smallest absolute Gasteiger partial charge is 0.306 e. The Labute approximate surface area is 199 Å². The first-order chi connectivity index (χ1) is 15.3. The van der Waals surface area contributed by atoms with Crippen LogP contribution in [-0.2, 0) is 4.79 Å². The number of piperidine rings is 1. The fraction of sp³-hybridized carbons (Fsp3) is 0.273. The van der Waals surface area contributed by atoms with E-state index in [9.17, 15) is 9.59 Å². The molecule has 166 valence electrons. The number of halogens is 2. The van der Waals surface area contributed by atoms with Gasteiger partial charge in [0.2, 0.25) is 0 Å². The number of amides is 1. The van der Waals surface area contributed by atoms with Crippen LogP contribution in [0.1, 0.15) is 28.8 Å². The number of carbonyl (C=O) groups is 2. The van der Waals surface area contributed by atoms with Gasteiger partial charge >= 0.3 is 5.97 Å². The number of carboxylic acids is 1. The van der Waals surface area contributed by atoms with E-state index < -0.39 is 5.97 Å². The zero-order valence-corrected chi connectivity index (χ0v) is 19.5. The molecule has 1 aromatic carbocycles. The van der Waals surface area contributed by atoms with Crippen molar-refractivity contribution in [1.82, 2.24) is 9.97 Å². The van der Waals surface area contributed by atoms with E-state index in [-0.39, 0.29) is 11.8 Å². The maximum atomic E-state index is 12.7. The van der Waals surface area contributed by atoms with Gasteiger partial charge in [-0.15, -0.1) is 11.3 Å². The highest BCUT2D eigenvalue weighted by atomic mass is 35.5. The zero-order valence-electron chi connectivity index (χ0n) is 17.1. The molecule has 0 bridgehead atoms. The largest absolute Gasteiger partial charge is 0.481 e. The lowest BCUT2D eigenvalue weighted by molar-refractivity contribution is -0.142. The summed E-state index contributed by atoms with van der Waals surface area (Å²) < 4.78 is 0. The van der Waals surface area contributed by atoms with Crippen molar-refractivity contribution >= 4 is 57.4 Å². The van der Waals surface area contributed by atoms with Crippen LogP contribution in [0.15, 0.2) is 35.8 Å². The van der Waals surface area contributed by atoms with Gasteiger partial charge in [-0.2, -0.15) is 0 Å². The molecule has 1 aliphatic heterocycles. The zero-order chi connectivity index (χ0) is 22.8. The van der Waals surface area contributed by atoms with Gasteiger partial charge in [-0.3, -0.25) is 14.9 Å². The summed E-state index contributed by atoms with van der Waals surface area (Å²) in [7, 11) is 0. The molecule has 0 atom stereocenters. The van der Waals surface area contributed by atoms with Crippen LogP contribution in [0.5, 0.6) is 0 Å². The van der Waals surface area contributed by atoms with E-state index in [0.717, 1.165) is 16.8 Å². The van der Waals surface area contributed by atoms with Crippen molar-refractivity contribution in [3.8, 4) is 11.3 Å². The molecule has 1 aliphatic rings. The van der Waals surface area contributed by atoms with Gasteiger partial charge in [0.05, 0.1) is 22.2 Å². The molecule has 10 heteroatoms. The summed E-state index contributed by atoms with van der Waals surface area (Å²) in [6, 6.07) is 7.23. The SMILES string of the molecule is Cc1cc(-c2csc(NC(=O)c3cnc(N4CCC(C(=O)O)CC4)c(Cl)c3)n2)ccc1Cl. The van der Waals surface area contributed by atoms with Crippen molar-refractivity contribution in [3.05, 3.63) is 57.0 Å². The van der Waals surface area contributed by atoms with Crippen LogP contribution in [0.3, 0.4) is 0 Å². The van der Waals surface area contributed by atoms with E-state index in [1.807, 2.05) is 35.4 Å². The molecule has 0 aliphatic carbocycles. The molecule has 2 aromatic heterocycles. The van der Waals surface area contributed by atoms with Crippen molar-refractivity contribution in [2.24, 2.45) is 5.92 Å². The first-order valence-electron chi connectivity index (χ1n) is 9.98. The fourth-order valence-electron chi connectivity index (χ4n) is 3.56. The predicted molar refractivity (Wildman–Crippen MR) is 127 cm³/mol. The van der Waals surface area contributed by atoms with Crippen molar-refractivity contribution < 1.29 is 14.7 Å². The van der Waals surface area contributed by atoms with E-state index >= 15 is 0 Å². The number of hydrogen-bond donors (Lipinski definition) is 2. The summed E-state index contributed by atoms with van der Waals surface area (Å²) >= 11 is 13.8. The lowest BCUT2D eigenvalue weighted by Crippen LogP contribution is -2.37. The Morgan fingerprint density at radius 3 is 2.59 bits per heavy atom. The molecule has 0 saturated carbocycles. The number of carbonyl (C=O) groups excluding carboxylic acids is 1. The van der Waals surface area contributed by atoms with Crippen LogP contribution in [-0.4, -0.2) is 40.0 Å². The molecule has 4 rings (SSSR count). The third-order valence-electron chi connectivity index (χ3n) is 5.41. The van der Waals surface area contributed by atoms with E-state index in [1.165, 1.54) is 17.5 Å². The molecule has 1 amide bonds. The normalized spacial score (nSPS) is 14.4. The Morgan fingerprint density at radius 2 is 1.94 bits per heavy atom. The van der Waals surface area contributed by atoms with Crippen LogP contribution in [0.2, 0.25) is 10.0 Å². The second kappa shape index (κ2) is 9.44. The molecule has 2 N–H and O–H groups in total. The minimum Gasteiger partial charge on any atom is -0.481 e. The number of thiazole rings is 1. The summed E-state index contributed by atoms with van der Waals surface area (Å²) in [6.07, 6.45) is 2.54. The molecule has 7 nitrogen and oxygen atoms in total. The quantitative estimate of drug-likeness (QED) is 0.498. The van der Waals surface area contributed by atoms with Gasteiger partial charge < -0.3 is 10.0 Å². The number of nitrogens with one attached hydrogen (secondary N) is 1. The summed E-state index contributed by atoms with van der Waals surface area (Å²) in [4.78, 5) is 34.6. The van der Waals surface area contributed by atoms with Crippen LogP contribution >= 0.6 is 34.5 Å². The molecule has 3 heterocycles. The minimum atomic E-state index is -0.771. The highest BCUT2D eigenvalue weighted by Gasteiger charge is 2.26. The highest BCUT2D eigenvalue weighted by molar-refractivity contribution is 7.14. The van der Waals surface area contributed by atoms with Crippen LogP contribution in [0.4, 0.5) is 10.9 Å². The molecule has 0 radical (unpaired) electrons. The van der Waals surface area contributed by atoms with E-state index in [2.05, 4.69) is 15.3 Å². The molecule has 32 heavy (non-hydrogen) atoms. The van der Waals surface area contributed by atoms with Gasteiger partial charge in [-0.05, 0) is 43.5 Å². The van der Waals surface area contributed by atoms with Gasteiger partial charge in [0.15, 0.2) is 5.13 Å². The Hall–Kier alpha value is -2.68. The fourth-order valence-corrected chi connectivity index (χ4v) is 4.68. The summed E-state index contributed by atoms with van der Waals surface area (Å²) in [5, 5.41) is 15.3. The third kappa shape index (κ3) is 4.87. The van der Waals surface area contributed by atoms with Gasteiger partial charge in [-0.25, -0.2) is 9.97 Å². The van der Waals surface area contributed by atoms with Crippen LogP contribution in [0.25, 0.3) is 11.3 Å². The lowest BCUT2D eigenvalue weighted by Gasteiger charge is -2.31. The Balaban J connectivity index is 1.43. The second-order valence-corrected chi connectivity index (χ2v) is 9.26. The number of nitrogens with zero attached hydrogens (tertiary/aromatic N) is 3. The first kappa shape index (κ1) is 22.5. The highest BCUT2D eigenvalue weighted by Crippen LogP contribution is 2.30. The van der Waals surface area contributed by atoms with Crippen molar-refractivity contribution in [2.45, 2.75) is 19.8 Å². The minimum absolute atomic E-state index is 0.318. The molecule has 1 saturated heterocycles. The van der Waals surface area contributed by atoms with Crippen LogP contribution in [0, 0.1) is 12.8 Å². The molecular formula is C22H20Cl2N4O3S. The Morgan fingerprint density at radius 1 is 1.19 bits per heavy atom. The summed E-state index contributed by atoms with van der Waals surface area (Å²) in [5.74, 6) is -0.910. The summed E-state index contributed by atoms with van der Waals surface area (Å²) in [5.41, 5.74) is 2.94. The Bertz CT molecular complexity index is 1180. The number of aryl methyl sites for hydroxylation is 1. The number of benzene rings is 1. The number of pyridine rings is 1. The van der Waals surface area contributed by atoms with Crippen molar-refractivity contribution in [2.75, 3.05) is 23.3 Å². The number of aromatic nitrogens is 2. The number of hydrogen-bond acceptors (Lipinski definition) is 6.